The number of anilines is 1. The highest BCUT2D eigenvalue weighted by Crippen LogP contribution is 2.30. The Labute approximate surface area is 87.9 Å². The van der Waals surface area contributed by atoms with Crippen LogP contribution in [-0.4, -0.2) is 9.97 Å². The molecule has 84 valence electrons. The summed E-state index contributed by atoms with van der Waals surface area (Å²) in [5.74, 6) is -0.425. The zero-order valence-corrected chi connectivity index (χ0v) is 7.82. The summed E-state index contributed by atoms with van der Waals surface area (Å²) >= 11 is 0. The molecule has 2 N–H and O–H groups in total. The van der Waals surface area contributed by atoms with Crippen molar-refractivity contribution in [1.82, 2.24) is 9.97 Å². The molecule has 0 aliphatic heterocycles. The summed E-state index contributed by atoms with van der Waals surface area (Å²) in [5, 5.41) is 0. The van der Waals surface area contributed by atoms with Crippen molar-refractivity contribution in [2.24, 2.45) is 0 Å². The lowest BCUT2D eigenvalue weighted by Gasteiger charge is -2.07. The Balaban J connectivity index is 2.53. The molecule has 0 aliphatic rings. The molecule has 7 heteroatoms. The molecule has 0 spiro atoms. The van der Waals surface area contributed by atoms with Crippen LogP contribution in [-0.2, 0) is 6.18 Å². The van der Waals surface area contributed by atoms with Crippen LogP contribution in [0, 0.1) is 0 Å². The Kier molecular flexibility index (Phi) is 2.30. The molecule has 0 amide bonds. The third-order valence-corrected chi connectivity index (χ3v) is 1.85. The molecule has 2 aromatic rings. The fourth-order valence-corrected chi connectivity index (χ4v) is 1.17. The van der Waals surface area contributed by atoms with Gasteiger partial charge in [-0.25, -0.2) is 9.97 Å². The minimum atomic E-state index is -4.55. The van der Waals surface area contributed by atoms with E-state index in [2.05, 4.69) is 9.97 Å². The first kappa shape index (κ1) is 10.5. The molecule has 0 saturated heterocycles. The maximum absolute atomic E-state index is 12.4. The number of alkyl halides is 3. The lowest BCUT2D eigenvalue weighted by atomic mass is 10.2. The van der Waals surface area contributed by atoms with E-state index < -0.39 is 17.8 Å². The predicted molar refractivity (Wildman–Crippen MR) is 49.1 cm³/mol. The van der Waals surface area contributed by atoms with E-state index in [4.69, 9.17) is 10.2 Å². The van der Waals surface area contributed by atoms with Gasteiger partial charge in [-0.2, -0.15) is 13.2 Å². The molecule has 2 rings (SSSR count). The summed E-state index contributed by atoms with van der Waals surface area (Å²) in [7, 11) is 0. The van der Waals surface area contributed by atoms with Gasteiger partial charge in [0, 0.05) is 5.56 Å². The number of nitrogen functional groups attached to an aromatic ring is 1. The molecular weight excluding hydrogens is 223 g/mol. The van der Waals surface area contributed by atoms with E-state index in [1.165, 1.54) is 18.6 Å². The van der Waals surface area contributed by atoms with E-state index in [1.54, 1.807) is 0 Å². The van der Waals surface area contributed by atoms with Crippen LogP contribution in [0.2, 0.25) is 0 Å². The normalized spacial score (nSPS) is 11.7. The molecule has 2 heterocycles. The van der Waals surface area contributed by atoms with E-state index in [1.807, 2.05) is 0 Å². The standard InChI is InChI=1S/C9H6F3N3O/c10-9(11,12)7-3-6(14-8(13)15-7)5-1-2-16-4-5/h1-4H,(H2,13,14,15). The van der Waals surface area contributed by atoms with Gasteiger partial charge in [0.25, 0.3) is 0 Å². The van der Waals surface area contributed by atoms with Crippen LogP contribution in [0.3, 0.4) is 0 Å². The number of hydrogen-bond donors (Lipinski definition) is 1. The molecule has 0 saturated carbocycles. The molecule has 2 aromatic heterocycles. The van der Waals surface area contributed by atoms with Gasteiger partial charge in [-0.05, 0) is 12.1 Å². The lowest BCUT2D eigenvalue weighted by Crippen LogP contribution is -2.11. The van der Waals surface area contributed by atoms with Crippen molar-refractivity contribution in [3.63, 3.8) is 0 Å². The number of nitrogens with zero attached hydrogens (tertiary/aromatic N) is 2. The van der Waals surface area contributed by atoms with Crippen LogP contribution in [0.15, 0.2) is 29.1 Å². The average molecular weight is 229 g/mol. The Morgan fingerprint density at radius 2 is 2.00 bits per heavy atom. The first-order valence-electron chi connectivity index (χ1n) is 4.21. The maximum Gasteiger partial charge on any atom is 0.433 e. The third kappa shape index (κ3) is 1.97. The fourth-order valence-electron chi connectivity index (χ4n) is 1.17. The molecule has 0 aliphatic carbocycles. The molecule has 16 heavy (non-hydrogen) atoms. The van der Waals surface area contributed by atoms with E-state index in [-0.39, 0.29) is 5.69 Å². The van der Waals surface area contributed by atoms with Crippen molar-refractivity contribution in [1.29, 1.82) is 0 Å². The van der Waals surface area contributed by atoms with Crippen molar-refractivity contribution >= 4 is 5.95 Å². The van der Waals surface area contributed by atoms with E-state index in [0.717, 1.165) is 6.07 Å². The van der Waals surface area contributed by atoms with Gasteiger partial charge in [0.05, 0.1) is 18.2 Å². The minimum Gasteiger partial charge on any atom is -0.472 e. The largest absolute Gasteiger partial charge is 0.472 e. The highest BCUT2D eigenvalue weighted by atomic mass is 19.4. The van der Waals surface area contributed by atoms with E-state index in [9.17, 15) is 13.2 Å². The van der Waals surface area contributed by atoms with Crippen LogP contribution in [0.1, 0.15) is 5.69 Å². The number of aromatic nitrogens is 2. The number of halogens is 3. The van der Waals surface area contributed by atoms with Crippen molar-refractivity contribution in [2.45, 2.75) is 6.18 Å². The van der Waals surface area contributed by atoms with Crippen LogP contribution in [0.4, 0.5) is 19.1 Å². The highest BCUT2D eigenvalue weighted by molar-refractivity contribution is 5.59. The number of nitrogens with two attached hydrogens (primary N) is 1. The maximum atomic E-state index is 12.4. The second-order valence-corrected chi connectivity index (χ2v) is 3.01. The number of furan rings is 1. The van der Waals surface area contributed by atoms with E-state index >= 15 is 0 Å². The topological polar surface area (TPSA) is 64.9 Å². The molecule has 0 bridgehead atoms. The number of hydrogen-bond acceptors (Lipinski definition) is 4. The van der Waals surface area contributed by atoms with Crippen molar-refractivity contribution in [3.05, 3.63) is 30.4 Å². The Morgan fingerprint density at radius 1 is 1.25 bits per heavy atom. The van der Waals surface area contributed by atoms with Gasteiger partial charge in [-0.15, -0.1) is 0 Å². The fraction of sp³-hybridized carbons (Fsp3) is 0.111. The summed E-state index contributed by atoms with van der Waals surface area (Å²) in [5.41, 5.74) is 4.63. The summed E-state index contributed by atoms with van der Waals surface area (Å²) in [6.07, 6.45) is -1.93. The minimum absolute atomic E-state index is 0.0774. The summed E-state index contributed by atoms with van der Waals surface area (Å²) < 4.78 is 42.0. The molecular formula is C9H6F3N3O. The smallest absolute Gasteiger partial charge is 0.433 e. The van der Waals surface area contributed by atoms with Crippen LogP contribution >= 0.6 is 0 Å². The van der Waals surface area contributed by atoms with Gasteiger partial charge in [0.15, 0.2) is 5.69 Å². The Bertz CT molecular complexity index is 493. The Morgan fingerprint density at radius 3 is 2.56 bits per heavy atom. The molecule has 0 atom stereocenters. The van der Waals surface area contributed by atoms with Gasteiger partial charge in [-0.3, -0.25) is 0 Å². The average Bonchev–Trinajstić information content (AvgIpc) is 2.68. The third-order valence-electron chi connectivity index (χ3n) is 1.85. The van der Waals surface area contributed by atoms with Crippen molar-refractivity contribution in [2.75, 3.05) is 5.73 Å². The zero-order chi connectivity index (χ0) is 11.8. The number of rotatable bonds is 1. The van der Waals surface area contributed by atoms with Crippen LogP contribution < -0.4 is 5.73 Å². The lowest BCUT2D eigenvalue weighted by molar-refractivity contribution is -0.141. The van der Waals surface area contributed by atoms with Gasteiger partial charge in [-0.1, -0.05) is 0 Å². The molecule has 0 unspecified atom stereocenters. The van der Waals surface area contributed by atoms with E-state index in [0.29, 0.717) is 5.56 Å². The van der Waals surface area contributed by atoms with Gasteiger partial charge in [0.2, 0.25) is 5.95 Å². The summed E-state index contributed by atoms with van der Waals surface area (Å²) in [6.45, 7) is 0. The SMILES string of the molecule is Nc1nc(-c2ccoc2)cc(C(F)(F)F)n1. The molecule has 4 nitrogen and oxygen atoms in total. The second-order valence-electron chi connectivity index (χ2n) is 3.01. The Hall–Kier alpha value is -2.05. The first-order chi connectivity index (χ1) is 7.47. The van der Waals surface area contributed by atoms with Gasteiger partial charge < -0.3 is 10.2 Å². The predicted octanol–water partition coefficient (Wildman–Crippen LogP) is 2.34. The van der Waals surface area contributed by atoms with Gasteiger partial charge in [0.1, 0.15) is 0 Å². The molecule has 0 radical (unpaired) electrons. The quantitative estimate of drug-likeness (QED) is 0.815. The van der Waals surface area contributed by atoms with Crippen molar-refractivity contribution in [3.8, 4) is 11.3 Å². The summed E-state index contributed by atoms with van der Waals surface area (Å²) in [4.78, 5) is 6.82. The van der Waals surface area contributed by atoms with Crippen molar-refractivity contribution < 1.29 is 17.6 Å². The molecule has 0 fully saturated rings. The van der Waals surface area contributed by atoms with Gasteiger partial charge >= 0.3 is 6.18 Å². The van der Waals surface area contributed by atoms with Crippen LogP contribution in [0.5, 0.6) is 0 Å². The monoisotopic (exact) mass is 229 g/mol. The molecule has 0 aromatic carbocycles. The first-order valence-corrected chi connectivity index (χ1v) is 4.21. The zero-order valence-electron chi connectivity index (χ0n) is 7.82. The highest BCUT2D eigenvalue weighted by Gasteiger charge is 2.33. The second kappa shape index (κ2) is 3.51. The summed E-state index contributed by atoms with van der Waals surface area (Å²) in [6, 6.07) is 2.31. The van der Waals surface area contributed by atoms with Crippen LogP contribution in [0.25, 0.3) is 11.3 Å².